The van der Waals surface area contributed by atoms with Crippen LogP contribution in [0.2, 0.25) is 0 Å². The summed E-state index contributed by atoms with van der Waals surface area (Å²) in [6.45, 7) is 0.829. The summed E-state index contributed by atoms with van der Waals surface area (Å²) in [7, 11) is 0. The number of amides is 2. The first-order chi connectivity index (χ1) is 9.24. The molecule has 0 aliphatic heterocycles. The van der Waals surface area contributed by atoms with Crippen LogP contribution in [-0.2, 0) is 0 Å². The number of carbonyl (C=O) groups excluding carboxylic acids is 1. The molecular formula is C14H19BrN2O2. The van der Waals surface area contributed by atoms with E-state index in [1.54, 1.807) is 6.20 Å². The third kappa shape index (κ3) is 6.98. The number of halogens is 1. The van der Waals surface area contributed by atoms with E-state index in [0.717, 1.165) is 29.3 Å². The van der Waals surface area contributed by atoms with Gasteiger partial charge >= 0.3 is 6.03 Å². The molecule has 0 fully saturated rings. The molecule has 0 bridgehead atoms. The summed E-state index contributed by atoms with van der Waals surface area (Å²) in [5.74, 6) is 0. The number of benzene rings is 1. The van der Waals surface area contributed by atoms with Crippen molar-refractivity contribution in [3.8, 4) is 0 Å². The molecule has 1 aromatic rings. The maximum Gasteiger partial charge on any atom is 0.318 e. The lowest BCUT2D eigenvalue weighted by Crippen LogP contribution is -2.32. The maximum absolute atomic E-state index is 11.4. The van der Waals surface area contributed by atoms with E-state index in [4.69, 9.17) is 5.11 Å². The van der Waals surface area contributed by atoms with Crippen molar-refractivity contribution in [1.29, 1.82) is 0 Å². The summed E-state index contributed by atoms with van der Waals surface area (Å²) in [5.41, 5.74) is 1.01. The van der Waals surface area contributed by atoms with Gasteiger partial charge in [0.2, 0.25) is 0 Å². The van der Waals surface area contributed by atoms with Gasteiger partial charge in [0.25, 0.3) is 0 Å². The summed E-state index contributed by atoms with van der Waals surface area (Å²) in [4.78, 5) is 11.4. The smallest absolute Gasteiger partial charge is 0.318 e. The van der Waals surface area contributed by atoms with Crippen LogP contribution in [0.1, 0.15) is 24.8 Å². The normalized spacial score (nSPS) is 10.6. The molecular weight excluding hydrogens is 308 g/mol. The van der Waals surface area contributed by atoms with Crippen LogP contribution >= 0.6 is 15.9 Å². The molecule has 1 rings (SSSR count). The highest BCUT2D eigenvalue weighted by atomic mass is 79.9. The van der Waals surface area contributed by atoms with Gasteiger partial charge in [0.1, 0.15) is 0 Å². The Kier molecular flexibility index (Phi) is 7.93. The number of urea groups is 1. The average molecular weight is 327 g/mol. The van der Waals surface area contributed by atoms with E-state index >= 15 is 0 Å². The minimum Gasteiger partial charge on any atom is -0.396 e. The Labute approximate surface area is 122 Å². The highest BCUT2D eigenvalue weighted by Crippen LogP contribution is 2.16. The fraction of sp³-hybridized carbons (Fsp3) is 0.357. The summed E-state index contributed by atoms with van der Waals surface area (Å²) >= 11 is 3.43. The minimum absolute atomic E-state index is 0.209. The van der Waals surface area contributed by atoms with Gasteiger partial charge in [0, 0.05) is 23.8 Å². The first kappa shape index (κ1) is 15.7. The number of hydrogen-bond acceptors (Lipinski definition) is 2. The molecule has 0 unspecified atom stereocenters. The van der Waals surface area contributed by atoms with E-state index in [1.165, 1.54) is 0 Å². The molecule has 0 aliphatic rings. The largest absolute Gasteiger partial charge is 0.396 e. The van der Waals surface area contributed by atoms with Crippen LogP contribution in [0.25, 0.3) is 6.08 Å². The van der Waals surface area contributed by atoms with E-state index in [1.807, 2.05) is 30.3 Å². The number of carbonyl (C=O) groups is 1. The molecule has 2 amide bonds. The highest BCUT2D eigenvalue weighted by molar-refractivity contribution is 9.10. The van der Waals surface area contributed by atoms with Crippen molar-refractivity contribution in [2.45, 2.75) is 19.3 Å². The van der Waals surface area contributed by atoms with Crippen LogP contribution in [0, 0.1) is 0 Å². The molecule has 19 heavy (non-hydrogen) atoms. The lowest BCUT2D eigenvalue weighted by Gasteiger charge is -2.04. The Bertz CT molecular complexity index is 422. The molecule has 5 heteroatoms. The molecule has 0 spiro atoms. The second-order valence-corrected chi connectivity index (χ2v) is 4.89. The van der Waals surface area contributed by atoms with Crippen molar-refractivity contribution in [1.82, 2.24) is 10.6 Å². The quantitative estimate of drug-likeness (QED) is 0.675. The lowest BCUT2D eigenvalue weighted by atomic mass is 10.2. The van der Waals surface area contributed by atoms with Gasteiger partial charge in [-0.05, 0) is 37.0 Å². The summed E-state index contributed by atoms with van der Waals surface area (Å²) in [6, 6.07) is 7.56. The van der Waals surface area contributed by atoms with E-state index < -0.39 is 0 Å². The molecule has 0 saturated heterocycles. The number of nitrogens with one attached hydrogen (secondary N) is 2. The van der Waals surface area contributed by atoms with Gasteiger partial charge < -0.3 is 15.7 Å². The fourth-order valence-electron chi connectivity index (χ4n) is 1.48. The van der Waals surface area contributed by atoms with Crippen LogP contribution in [0.15, 0.2) is 34.9 Å². The summed E-state index contributed by atoms with van der Waals surface area (Å²) in [5, 5.41) is 14.0. The zero-order valence-corrected chi connectivity index (χ0v) is 12.3. The number of aliphatic hydroxyl groups excluding tert-OH is 1. The maximum atomic E-state index is 11.4. The second kappa shape index (κ2) is 9.58. The van der Waals surface area contributed by atoms with Crippen LogP contribution in [0.5, 0.6) is 0 Å². The SMILES string of the molecule is O=C(N/C=C/c1ccccc1Br)NCCCCCO. The summed E-state index contributed by atoms with van der Waals surface area (Å²) < 4.78 is 0.984. The third-order valence-electron chi connectivity index (χ3n) is 2.50. The van der Waals surface area contributed by atoms with Crippen LogP contribution in [-0.4, -0.2) is 24.3 Å². The number of aliphatic hydroxyl groups is 1. The van der Waals surface area contributed by atoms with E-state index in [9.17, 15) is 4.79 Å². The Morgan fingerprint density at radius 3 is 2.79 bits per heavy atom. The molecule has 0 heterocycles. The minimum atomic E-state index is -0.215. The van der Waals surface area contributed by atoms with Crippen molar-refractivity contribution in [3.63, 3.8) is 0 Å². The molecule has 0 atom stereocenters. The molecule has 0 aromatic heterocycles. The van der Waals surface area contributed by atoms with Crippen molar-refractivity contribution in [2.24, 2.45) is 0 Å². The fourth-order valence-corrected chi connectivity index (χ4v) is 1.90. The van der Waals surface area contributed by atoms with Crippen molar-refractivity contribution in [2.75, 3.05) is 13.2 Å². The first-order valence-electron chi connectivity index (χ1n) is 6.30. The van der Waals surface area contributed by atoms with E-state index in [0.29, 0.717) is 6.54 Å². The van der Waals surface area contributed by atoms with Gasteiger partial charge in [-0.2, -0.15) is 0 Å². The summed E-state index contributed by atoms with van der Waals surface area (Å²) in [6.07, 6.45) is 6.02. The van der Waals surface area contributed by atoms with Crippen molar-refractivity contribution >= 4 is 28.0 Å². The molecule has 0 radical (unpaired) electrons. The van der Waals surface area contributed by atoms with Gasteiger partial charge in [-0.25, -0.2) is 4.79 Å². The predicted octanol–water partition coefficient (Wildman–Crippen LogP) is 2.88. The molecule has 0 saturated carbocycles. The molecule has 4 nitrogen and oxygen atoms in total. The van der Waals surface area contributed by atoms with Crippen molar-refractivity contribution in [3.05, 3.63) is 40.5 Å². The predicted molar refractivity (Wildman–Crippen MR) is 80.6 cm³/mol. The van der Waals surface area contributed by atoms with E-state index in [-0.39, 0.29) is 12.6 Å². The topological polar surface area (TPSA) is 61.4 Å². The number of rotatable bonds is 7. The molecule has 1 aromatic carbocycles. The molecule has 0 aliphatic carbocycles. The zero-order chi connectivity index (χ0) is 13.9. The second-order valence-electron chi connectivity index (χ2n) is 4.04. The standard InChI is InChI=1S/C14H19BrN2O2/c15-13-7-3-2-6-12(13)8-10-17-14(19)16-9-4-1-5-11-18/h2-3,6-8,10,18H,1,4-5,9,11H2,(H2,16,17,19)/b10-8+. The monoisotopic (exact) mass is 326 g/mol. The lowest BCUT2D eigenvalue weighted by molar-refractivity contribution is 0.243. The van der Waals surface area contributed by atoms with Gasteiger partial charge in [0.05, 0.1) is 0 Å². The van der Waals surface area contributed by atoms with E-state index in [2.05, 4.69) is 26.6 Å². The zero-order valence-electron chi connectivity index (χ0n) is 10.7. The number of hydrogen-bond donors (Lipinski definition) is 3. The Hall–Kier alpha value is -1.33. The molecule has 104 valence electrons. The van der Waals surface area contributed by atoms with Gasteiger partial charge in [0.15, 0.2) is 0 Å². The Morgan fingerprint density at radius 1 is 1.26 bits per heavy atom. The highest BCUT2D eigenvalue weighted by Gasteiger charge is 1.96. The Balaban J connectivity index is 2.21. The van der Waals surface area contributed by atoms with Gasteiger partial charge in [-0.1, -0.05) is 34.1 Å². The first-order valence-corrected chi connectivity index (χ1v) is 7.09. The average Bonchev–Trinajstić information content (AvgIpc) is 2.41. The third-order valence-corrected chi connectivity index (χ3v) is 3.23. The van der Waals surface area contributed by atoms with Crippen LogP contribution < -0.4 is 10.6 Å². The van der Waals surface area contributed by atoms with Crippen molar-refractivity contribution < 1.29 is 9.90 Å². The van der Waals surface area contributed by atoms with Gasteiger partial charge in [-0.3, -0.25) is 0 Å². The number of unbranched alkanes of at least 4 members (excludes halogenated alkanes) is 2. The van der Waals surface area contributed by atoms with Gasteiger partial charge in [-0.15, -0.1) is 0 Å². The molecule has 3 N–H and O–H groups in total. The van der Waals surface area contributed by atoms with Crippen LogP contribution in [0.4, 0.5) is 4.79 Å². The Morgan fingerprint density at radius 2 is 2.05 bits per heavy atom. The van der Waals surface area contributed by atoms with Crippen LogP contribution in [0.3, 0.4) is 0 Å².